The zero-order valence-electron chi connectivity index (χ0n) is 10.7. The third-order valence-electron chi connectivity index (χ3n) is 3.48. The van der Waals surface area contributed by atoms with E-state index < -0.39 is 6.29 Å². The van der Waals surface area contributed by atoms with E-state index in [2.05, 4.69) is 0 Å². The number of carbonyl (C=O) groups excluding carboxylic acids is 1. The van der Waals surface area contributed by atoms with Gasteiger partial charge in [0.05, 0.1) is 0 Å². The van der Waals surface area contributed by atoms with E-state index in [0.29, 0.717) is 13.1 Å². The first kappa shape index (κ1) is 14.1. The van der Waals surface area contributed by atoms with Crippen LogP contribution in [0.3, 0.4) is 0 Å². The lowest BCUT2D eigenvalue weighted by atomic mass is 9.96. The fraction of sp³-hybridized carbons (Fsp3) is 0.583. The number of hydrogen-bond acceptors (Lipinski definition) is 6. The van der Waals surface area contributed by atoms with Crippen molar-refractivity contribution in [3.8, 4) is 0 Å². The quantitative estimate of drug-likeness (QED) is 0.631. The van der Waals surface area contributed by atoms with Gasteiger partial charge in [-0.25, -0.2) is 4.84 Å². The summed E-state index contributed by atoms with van der Waals surface area (Å²) in [5, 5.41) is 4.07. The predicted molar refractivity (Wildman–Crippen MR) is 73.9 cm³/mol. The first-order chi connectivity index (χ1) is 9.78. The molecule has 0 aromatic carbocycles. The van der Waals surface area contributed by atoms with Crippen molar-refractivity contribution in [3.05, 3.63) is 17.5 Å². The standard InChI is InChI=1S/C12H15ClN2O4S/c13-8-10(16)14-5-3-9(4-6-14)12-17-15(19-18-12)11-2-1-7-20-11/h1-2,7,9,12H,3-6,8H2. The monoisotopic (exact) mass is 318 g/mol. The van der Waals surface area contributed by atoms with Gasteiger partial charge in [0.15, 0.2) is 5.00 Å². The minimum atomic E-state index is -0.426. The molecule has 3 rings (SSSR count). The molecule has 1 aromatic rings. The van der Waals surface area contributed by atoms with Crippen LogP contribution in [-0.4, -0.2) is 36.1 Å². The van der Waals surface area contributed by atoms with Crippen LogP contribution in [0.1, 0.15) is 12.8 Å². The van der Waals surface area contributed by atoms with Gasteiger partial charge >= 0.3 is 0 Å². The highest BCUT2D eigenvalue weighted by molar-refractivity contribution is 7.14. The average Bonchev–Trinajstić information content (AvgIpc) is 3.17. The van der Waals surface area contributed by atoms with Crippen LogP contribution in [0.2, 0.25) is 0 Å². The van der Waals surface area contributed by atoms with E-state index >= 15 is 0 Å². The maximum atomic E-state index is 11.5. The van der Waals surface area contributed by atoms with Gasteiger partial charge in [0.25, 0.3) is 0 Å². The summed E-state index contributed by atoms with van der Waals surface area (Å²) < 4.78 is 0. The molecule has 2 aliphatic rings. The van der Waals surface area contributed by atoms with Gasteiger partial charge in [0.1, 0.15) is 5.88 Å². The summed E-state index contributed by atoms with van der Waals surface area (Å²) in [6.07, 6.45) is 1.20. The molecule has 8 heteroatoms. The zero-order chi connectivity index (χ0) is 13.9. The minimum Gasteiger partial charge on any atom is -0.342 e. The van der Waals surface area contributed by atoms with Crippen molar-refractivity contribution in [1.82, 2.24) is 4.90 Å². The van der Waals surface area contributed by atoms with Crippen LogP contribution in [0.4, 0.5) is 5.00 Å². The van der Waals surface area contributed by atoms with E-state index in [1.165, 1.54) is 16.6 Å². The summed E-state index contributed by atoms with van der Waals surface area (Å²) in [7, 11) is 0. The van der Waals surface area contributed by atoms with E-state index in [1.807, 2.05) is 17.5 Å². The van der Waals surface area contributed by atoms with Crippen molar-refractivity contribution in [2.24, 2.45) is 5.92 Å². The molecule has 0 bridgehead atoms. The van der Waals surface area contributed by atoms with Crippen molar-refractivity contribution in [1.29, 1.82) is 0 Å². The maximum Gasteiger partial charge on any atom is 0.237 e. The predicted octanol–water partition coefficient (Wildman–Crippen LogP) is 2.17. The number of piperidine rings is 1. The summed E-state index contributed by atoms with van der Waals surface area (Å²) in [6.45, 7) is 1.36. The fourth-order valence-corrected chi connectivity index (χ4v) is 3.13. The highest BCUT2D eigenvalue weighted by Crippen LogP contribution is 2.32. The molecule has 1 aromatic heterocycles. The van der Waals surface area contributed by atoms with Gasteiger partial charge in [-0.15, -0.1) is 22.9 Å². The van der Waals surface area contributed by atoms with Crippen molar-refractivity contribution in [2.45, 2.75) is 19.1 Å². The number of nitrogens with zero attached hydrogens (tertiary/aromatic N) is 2. The Morgan fingerprint density at radius 2 is 2.25 bits per heavy atom. The van der Waals surface area contributed by atoms with Crippen molar-refractivity contribution >= 4 is 33.8 Å². The van der Waals surface area contributed by atoms with Crippen LogP contribution in [0, 0.1) is 5.92 Å². The smallest absolute Gasteiger partial charge is 0.237 e. The second kappa shape index (κ2) is 6.28. The van der Waals surface area contributed by atoms with Gasteiger partial charge in [0, 0.05) is 19.0 Å². The second-order valence-corrected chi connectivity index (χ2v) is 5.90. The van der Waals surface area contributed by atoms with Crippen LogP contribution < -0.4 is 5.23 Å². The Labute approximate surface area is 125 Å². The van der Waals surface area contributed by atoms with Gasteiger partial charge in [-0.05, 0) is 30.4 Å². The molecule has 2 aliphatic heterocycles. The SMILES string of the molecule is O=C(CCl)N1CCC(C2OON(c3cccs3)O2)CC1. The second-order valence-electron chi connectivity index (χ2n) is 4.70. The minimum absolute atomic E-state index is 0.0187. The number of alkyl halides is 1. The summed E-state index contributed by atoms with van der Waals surface area (Å²) in [5.74, 6) is 0.227. The Balaban J connectivity index is 1.51. The largest absolute Gasteiger partial charge is 0.342 e. The van der Waals surface area contributed by atoms with Crippen LogP contribution in [-0.2, 0) is 19.5 Å². The van der Waals surface area contributed by atoms with Gasteiger partial charge in [-0.1, -0.05) is 10.2 Å². The normalized spacial score (nSPS) is 24.4. The molecule has 1 amide bonds. The molecule has 2 saturated heterocycles. The molecule has 6 nitrogen and oxygen atoms in total. The molecule has 0 radical (unpaired) electrons. The molecule has 3 heterocycles. The number of anilines is 1. The molecule has 20 heavy (non-hydrogen) atoms. The molecule has 0 aliphatic carbocycles. The van der Waals surface area contributed by atoms with E-state index in [0.717, 1.165) is 17.8 Å². The van der Waals surface area contributed by atoms with E-state index in [4.69, 9.17) is 26.3 Å². The molecule has 2 fully saturated rings. The molecule has 0 N–H and O–H groups in total. The van der Waals surface area contributed by atoms with Crippen molar-refractivity contribution in [3.63, 3.8) is 0 Å². The third-order valence-corrected chi connectivity index (χ3v) is 4.53. The van der Waals surface area contributed by atoms with E-state index in [9.17, 15) is 4.79 Å². The number of amides is 1. The van der Waals surface area contributed by atoms with Crippen LogP contribution in [0.15, 0.2) is 17.5 Å². The number of hydrogen-bond donors (Lipinski definition) is 0. The first-order valence-electron chi connectivity index (χ1n) is 6.45. The van der Waals surface area contributed by atoms with Crippen LogP contribution >= 0.6 is 22.9 Å². The number of rotatable bonds is 3. The molecule has 1 atom stereocenters. The lowest BCUT2D eigenvalue weighted by Crippen LogP contribution is -2.42. The Morgan fingerprint density at radius 3 is 2.90 bits per heavy atom. The summed E-state index contributed by atoms with van der Waals surface area (Å²) in [6, 6.07) is 3.80. The molecular formula is C12H15ClN2O4S. The summed E-state index contributed by atoms with van der Waals surface area (Å²) in [5.41, 5.74) is 0. The maximum absolute atomic E-state index is 11.5. The third kappa shape index (κ3) is 2.91. The van der Waals surface area contributed by atoms with Gasteiger partial charge < -0.3 is 4.90 Å². The van der Waals surface area contributed by atoms with Crippen LogP contribution in [0.5, 0.6) is 0 Å². The van der Waals surface area contributed by atoms with Gasteiger partial charge in [-0.2, -0.15) is 4.89 Å². The summed E-state index contributed by atoms with van der Waals surface area (Å²) in [4.78, 5) is 29.2. The van der Waals surface area contributed by atoms with Gasteiger partial charge in [-0.3, -0.25) is 4.79 Å². The Morgan fingerprint density at radius 1 is 1.45 bits per heavy atom. The number of likely N-dealkylation sites (tertiary alicyclic amines) is 1. The van der Waals surface area contributed by atoms with Gasteiger partial charge in [0.2, 0.25) is 12.2 Å². The Hall–Kier alpha value is -0.860. The molecule has 110 valence electrons. The number of halogens is 1. The van der Waals surface area contributed by atoms with E-state index in [-0.39, 0.29) is 17.7 Å². The number of carbonyl (C=O) groups is 1. The molecule has 1 unspecified atom stereocenters. The molecular weight excluding hydrogens is 304 g/mol. The average molecular weight is 319 g/mol. The number of thiophene rings is 1. The Kier molecular flexibility index (Phi) is 4.42. The molecule has 0 saturated carbocycles. The fourth-order valence-electron chi connectivity index (χ4n) is 2.34. The first-order valence-corrected chi connectivity index (χ1v) is 7.87. The zero-order valence-corrected chi connectivity index (χ0v) is 12.3. The van der Waals surface area contributed by atoms with Crippen molar-refractivity contribution < 1.29 is 19.5 Å². The van der Waals surface area contributed by atoms with E-state index in [1.54, 1.807) is 4.90 Å². The highest BCUT2D eigenvalue weighted by atomic mass is 35.5. The lowest BCUT2D eigenvalue weighted by molar-refractivity contribution is -0.294. The topological polar surface area (TPSA) is 51.2 Å². The van der Waals surface area contributed by atoms with Crippen molar-refractivity contribution in [2.75, 3.05) is 24.2 Å². The molecule has 0 spiro atoms. The Bertz CT molecular complexity index is 450. The lowest BCUT2D eigenvalue weighted by Gasteiger charge is -2.32. The summed E-state index contributed by atoms with van der Waals surface area (Å²) >= 11 is 7.06. The highest BCUT2D eigenvalue weighted by Gasteiger charge is 2.37. The van der Waals surface area contributed by atoms with Crippen LogP contribution in [0.25, 0.3) is 0 Å².